The highest BCUT2D eigenvalue weighted by atomic mass is 32.3. The van der Waals surface area contributed by atoms with Crippen molar-refractivity contribution in [2.45, 2.75) is 13.5 Å². The summed E-state index contributed by atoms with van der Waals surface area (Å²) in [6, 6.07) is 0. The first-order valence-electron chi connectivity index (χ1n) is 2.33. The van der Waals surface area contributed by atoms with Crippen LogP contribution in [0.1, 0.15) is 6.92 Å². The van der Waals surface area contributed by atoms with Crippen molar-refractivity contribution >= 4 is 10.4 Å². The first-order chi connectivity index (χ1) is 4.48. The molecule has 0 N–H and O–H groups in total. The molecular formula is C3H6F2O4S. The number of halogens is 2. The summed E-state index contributed by atoms with van der Waals surface area (Å²) in [4.78, 5) is 0. The minimum atomic E-state index is -4.48. The summed E-state index contributed by atoms with van der Waals surface area (Å²) in [6.07, 6.45) is 0. The Hall–Kier alpha value is -0.270. The third-order valence-corrected chi connectivity index (χ3v) is 1.36. The maximum absolute atomic E-state index is 11.2. The van der Waals surface area contributed by atoms with Crippen LogP contribution in [0.15, 0.2) is 0 Å². The lowest BCUT2D eigenvalue weighted by atomic mass is 10.9. The number of hydrogen-bond donors (Lipinski definition) is 0. The number of hydrogen-bond acceptors (Lipinski definition) is 4. The van der Waals surface area contributed by atoms with Crippen LogP contribution in [-0.4, -0.2) is 21.6 Å². The Balaban J connectivity index is 3.89. The molecule has 62 valence electrons. The highest BCUT2D eigenvalue weighted by molar-refractivity contribution is 7.81. The molecule has 0 aliphatic carbocycles. The lowest BCUT2D eigenvalue weighted by Crippen LogP contribution is -2.13. The van der Waals surface area contributed by atoms with E-state index in [-0.39, 0.29) is 6.61 Å². The number of alkyl halides is 2. The average molecular weight is 176 g/mol. The lowest BCUT2D eigenvalue weighted by molar-refractivity contribution is -0.0544. The van der Waals surface area contributed by atoms with Crippen LogP contribution in [0.2, 0.25) is 0 Å². The van der Waals surface area contributed by atoms with Crippen molar-refractivity contribution in [3.63, 3.8) is 0 Å². The molecule has 4 nitrogen and oxygen atoms in total. The van der Waals surface area contributed by atoms with Crippen molar-refractivity contribution in [1.82, 2.24) is 0 Å². The van der Waals surface area contributed by atoms with E-state index in [1.165, 1.54) is 6.92 Å². The first-order valence-corrected chi connectivity index (χ1v) is 3.67. The highest BCUT2D eigenvalue weighted by Gasteiger charge is 2.17. The summed E-state index contributed by atoms with van der Waals surface area (Å²) in [7, 11) is -4.48. The fourth-order valence-corrected chi connectivity index (χ4v) is 0.784. The van der Waals surface area contributed by atoms with Gasteiger partial charge in [-0.15, -0.1) is 0 Å². The molecule has 0 aromatic carbocycles. The summed E-state index contributed by atoms with van der Waals surface area (Å²) in [6.45, 7) is -2.25. The van der Waals surface area contributed by atoms with Gasteiger partial charge in [0.05, 0.1) is 6.61 Å². The van der Waals surface area contributed by atoms with E-state index in [2.05, 4.69) is 8.37 Å². The Morgan fingerprint density at radius 1 is 1.50 bits per heavy atom. The van der Waals surface area contributed by atoms with Crippen LogP contribution in [0.25, 0.3) is 0 Å². The summed E-state index contributed by atoms with van der Waals surface area (Å²) in [5.74, 6) is 0. The summed E-state index contributed by atoms with van der Waals surface area (Å²) in [5, 5.41) is 0. The summed E-state index contributed by atoms with van der Waals surface area (Å²) >= 11 is 0. The molecule has 0 aromatic rings. The van der Waals surface area contributed by atoms with Crippen LogP contribution < -0.4 is 0 Å². The molecule has 0 aliphatic heterocycles. The predicted octanol–water partition coefficient (Wildman–Crippen LogP) is 0.507. The fraction of sp³-hybridized carbons (Fsp3) is 1.00. The van der Waals surface area contributed by atoms with E-state index >= 15 is 0 Å². The van der Waals surface area contributed by atoms with Crippen molar-refractivity contribution in [1.29, 1.82) is 0 Å². The van der Waals surface area contributed by atoms with E-state index < -0.39 is 17.0 Å². The molecule has 0 aliphatic rings. The molecule has 0 saturated carbocycles. The van der Waals surface area contributed by atoms with Crippen LogP contribution in [0.4, 0.5) is 8.78 Å². The van der Waals surface area contributed by atoms with Crippen molar-refractivity contribution in [2.24, 2.45) is 0 Å². The molecule has 10 heavy (non-hydrogen) atoms. The average Bonchev–Trinajstić information content (AvgIpc) is 1.59. The van der Waals surface area contributed by atoms with Crippen LogP contribution >= 0.6 is 0 Å². The van der Waals surface area contributed by atoms with Crippen molar-refractivity contribution in [3.8, 4) is 0 Å². The topological polar surface area (TPSA) is 52.6 Å². The second-order valence-corrected chi connectivity index (χ2v) is 2.42. The van der Waals surface area contributed by atoms with Crippen LogP contribution in [0, 0.1) is 0 Å². The Labute approximate surface area is 57.1 Å². The van der Waals surface area contributed by atoms with E-state index in [1.54, 1.807) is 0 Å². The van der Waals surface area contributed by atoms with Crippen LogP contribution in [0.5, 0.6) is 0 Å². The van der Waals surface area contributed by atoms with Crippen LogP contribution in [-0.2, 0) is 18.8 Å². The molecule has 7 heteroatoms. The normalized spacial score (nSPS) is 12.4. The van der Waals surface area contributed by atoms with Crippen molar-refractivity contribution in [2.75, 3.05) is 6.61 Å². The molecule has 0 radical (unpaired) electrons. The minimum absolute atomic E-state index is 0.227. The van der Waals surface area contributed by atoms with Gasteiger partial charge in [-0.2, -0.15) is 21.4 Å². The van der Waals surface area contributed by atoms with E-state index in [0.29, 0.717) is 0 Å². The Bertz CT molecular complexity index is 175. The van der Waals surface area contributed by atoms with Gasteiger partial charge >= 0.3 is 17.0 Å². The third-order valence-electron chi connectivity index (χ3n) is 0.453. The molecule has 0 aromatic heterocycles. The molecule has 0 rings (SSSR count). The zero-order valence-electron chi connectivity index (χ0n) is 5.08. The Morgan fingerprint density at radius 3 is 2.30 bits per heavy atom. The maximum Gasteiger partial charge on any atom is 0.404 e. The zero-order valence-corrected chi connectivity index (χ0v) is 5.90. The Kier molecular flexibility index (Phi) is 3.69. The SMILES string of the molecule is CCOS(=O)(=O)OC(F)F. The molecule has 0 unspecified atom stereocenters. The van der Waals surface area contributed by atoms with Gasteiger partial charge in [0.25, 0.3) is 0 Å². The molecule has 0 bridgehead atoms. The third kappa shape index (κ3) is 4.59. The molecule has 0 fully saturated rings. The fourth-order valence-electron chi connectivity index (χ4n) is 0.261. The predicted molar refractivity (Wildman–Crippen MR) is 27.6 cm³/mol. The second kappa shape index (κ2) is 3.79. The number of rotatable bonds is 4. The van der Waals surface area contributed by atoms with E-state index in [0.717, 1.165) is 0 Å². The smallest absolute Gasteiger partial charge is 0.248 e. The zero-order chi connectivity index (χ0) is 8.20. The molecule has 0 amide bonds. The van der Waals surface area contributed by atoms with E-state index in [9.17, 15) is 17.2 Å². The van der Waals surface area contributed by atoms with Gasteiger partial charge in [0.2, 0.25) is 0 Å². The monoisotopic (exact) mass is 176 g/mol. The highest BCUT2D eigenvalue weighted by Crippen LogP contribution is 2.03. The molecule has 0 spiro atoms. The van der Waals surface area contributed by atoms with Gasteiger partial charge in [0, 0.05) is 0 Å². The summed E-state index contributed by atoms with van der Waals surface area (Å²) < 4.78 is 49.5. The van der Waals surface area contributed by atoms with Crippen LogP contribution in [0.3, 0.4) is 0 Å². The maximum atomic E-state index is 11.2. The van der Waals surface area contributed by atoms with Gasteiger partial charge < -0.3 is 0 Å². The largest absolute Gasteiger partial charge is 0.404 e. The molecule has 0 heterocycles. The van der Waals surface area contributed by atoms with Gasteiger partial charge in [-0.1, -0.05) is 0 Å². The standard InChI is InChI=1S/C3H6F2O4S/c1-2-8-10(6,7)9-3(4)5/h3H,2H2,1H3. The van der Waals surface area contributed by atoms with Gasteiger partial charge in [-0.25, -0.2) is 4.18 Å². The van der Waals surface area contributed by atoms with Gasteiger partial charge in [-0.05, 0) is 6.92 Å². The lowest BCUT2D eigenvalue weighted by Gasteiger charge is -2.00. The molecular weight excluding hydrogens is 170 g/mol. The van der Waals surface area contributed by atoms with E-state index in [4.69, 9.17) is 0 Å². The van der Waals surface area contributed by atoms with Gasteiger partial charge in [0.1, 0.15) is 0 Å². The molecule has 0 saturated heterocycles. The van der Waals surface area contributed by atoms with E-state index in [1.807, 2.05) is 0 Å². The van der Waals surface area contributed by atoms with Gasteiger partial charge in [0.15, 0.2) is 0 Å². The van der Waals surface area contributed by atoms with Gasteiger partial charge in [-0.3, -0.25) is 0 Å². The molecule has 0 atom stereocenters. The Morgan fingerprint density at radius 2 is 2.00 bits per heavy atom. The quantitative estimate of drug-likeness (QED) is 0.626. The summed E-state index contributed by atoms with van der Waals surface area (Å²) in [5.41, 5.74) is 0. The van der Waals surface area contributed by atoms with Crippen molar-refractivity contribution in [3.05, 3.63) is 0 Å². The van der Waals surface area contributed by atoms with Crippen molar-refractivity contribution < 1.29 is 25.6 Å². The minimum Gasteiger partial charge on any atom is -0.248 e. The second-order valence-electron chi connectivity index (χ2n) is 1.17. The first kappa shape index (κ1) is 9.73.